The van der Waals surface area contributed by atoms with Gasteiger partial charge in [0.05, 0.1) is 17.6 Å². The molecular weight excluding hydrogens is 257 g/mol. The monoisotopic (exact) mass is 265 g/mol. The van der Waals surface area contributed by atoms with E-state index in [9.17, 15) is 9.18 Å². The molecule has 2 aromatic rings. The standard InChI is InChI=1S/C12H9ClFN3O/c1-7-5-16-11(6-15-7)12(18)17-10-4-8(13)2-3-9(10)14/h2-6H,1H3,(H,17,18). The van der Waals surface area contributed by atoms with E-state index in [1.54, 1.807) is 6.92 Å². The molecule has 0 aliphatic heterocycles. The summed E-state index contributed by atoms with van der Waals surface area (Å²) in [6.07, 6.45) is 2.79. The Hall–Kier alpha value is -2.01. The van der Waals surface area contributed by atoms with Crippen molar-refractivity contribution in [1.82, 2.24) is 9.97 Å². The average molecular weight is 266 g/mol. The smallest absolute Gasteiger partial charge is 0.275 e. The molecule has 1 aromatic heterocycles. The Morgan fingerprint density at radius 1 is 1.33 bits per heavy atom. The number of aryl methyl sites for hydroxylation is 1. The SMILES string of the molecule is Cc1cnc(C(=O)Nc2cc(Cl)ccc2F)cn1. The first kappa shape index (κ1) is 12.4. The van der Waals surface area contributed by atoms with Crippen LogP contribution in [-0.4, -0.2) is 15.9 Å². The highest BCUT2D eigenvalue weighted by atomic mass is 35.5. The van der Waals surface area contributed by atoms with E-state index in [1.165, 1.54) is 30.6 Å². The number of hydrogen-bond donors (Lipinski definition) is 1. The van der Waals surface area contributed by atoms with E-state index in [0.29, 0.717) is 10.7 Å². The summed E-state index contributed by atoms with van der Waals surface area (Å²) in [5.74, 6) is -1.10. The molecule has 2 rings (SSSR count). The molecule has 0 unspecified atom stereocenters. The van der Waals surface area contributed by atoms with Crippen molar-refractivity contribution in [3.8, 4) is 0 Å². The summed E-state index contributed by atoms with van der Waals surface area (Å²) in [6, 6.07) is 3.91. The van der Waals surface area contributed by atoms with Crippen LogP contribution in [0.3, 0.4) is 0 Å². The van der Waals surface area contributed by atoms with Gasteiger partial charge in [-0.3, -0.25) is 9.78 Å². The van der Waals surface area contributed by atoms with Crippen LogP contribution in [-0.2, 0) is 0 Å². The average Bonchev–Trinajstić information content (AvgIpc) is 2.34. The molecule has 0 saturated carbocycles. The van der Waals surface area contributed by atoms with Crippen LogP contribution >= 0.6 is 11.6 Å². The van der Waals surface area contributed by atoms with Gasteiger partial charge < -0.3 is 5.32 Å². The van der Waals surface area contributed by atoms with Gasteiger partial charge in [0, 0.05) is 11.2 Å². The van der Waals surface area contributed by atoms with Crippen molar-refractivity contribution in [2.45, 2.75) is 6.92 Å². The lowest BCUT2D eigenvalue weighted by molar-refractivity contribution is 0.102. The summed E-state index contributed by atoms with van der Waals surface area (Å²) >= 11 is 5.72. The first-order valence-electron chi connectivity index (χ1n) is 5.11. The predicted molar refractivity (Wildman–Crippen MR) is 66.1 cm³/mol. The lowest BCUT2D eigenvalue weighted by atomic mass is 10.3. The van der Waals surface area contributed by atoms with Gasteiger partial charge >= 0.3 is 0 Å². The van der Waals surface area contributed by atoms with Crippen molar-refractivity contribution >= 4 is 23.2 Å². The summed E-state index contributed by atoms with van der Waals surface area (Å²) in [6.45, 7) is 1.76. The second-order valence-electron chi connectivity index (χ2n) is 3.62. The van der Waals surface area contributed by atoms with Crippen LogP contribution in [0.25, 0.3) is 0 Å². The van der Waals surface area contributed by atoms with Crippen molar-refractivity contribution in [3.05, 3.63) is 52.8 Å². The van der Waals surface area contributed by atoms with Gasteiger partial charge in [0.1, 0.15) is 11.5 Å². The summed E-state index contributed by atoms with van der Waals surface area (Å²) in [7, 11) is 0. The number of carbonyl (C=O) groups excluding carboxylic acids is 1. The number of amides is 1. The number of hydrogen-bond acceptors (Lipinski definition) is 3. The molecule has 0 saturated heterocycles. The van der Waals surface area contributed by atoms with Gasteiger partial charge in [-0.15, -0.1) is 0 Å². The zero-order chi connectivity index (χ0) is 13.1. The zero-order valence-corrected chi connectivity index (χ0v) is 10.2. The molecule has 0 aliphatic carbocycles. The van der Waals surface area contributed by atoms with Crippen LogP contribution in [0.1, 0.15) is 16.2 Å². The molecule has 18 heavy (non-hydrogen) atoms. The number of aromatic nitrogens is 2. The Kier molecular flexibility index (Phi) is 3.53. The third kappa shape index (κ3) is 2.81. The summed E-state index contributed by atoms with van der Waals surface area (Å²) in [5.41, 5.74) is 0.815. The van der Waals surface area contributed by atoms with Crippen molar-refractivity contribution in [3.63, 3.8) is 0 Å². The molecule has 0 aliphatic rings. The van der Waals surface area contributed by atoms with Gasteiger partial charge in [0.15, 0.2) is 0 Å². The number of nitrogens with zero attached hydrogens (tertiary/aromatic N) is 2. The second-order valence-corrected chi connectivity index (χ2v) is 4.06. The number of anilines is 1. The minimum Gasteiger partial charge on any atom is -0.318 e. The fourth-order valence-electron chi connectivity index (χ4n) is 1.29. The molecule has 0 bridgehead atoms. The van der Waals surface area contributed by atoms with E-state index < -0.39 is 11.7 Å². The second kappa shape index (κ2) is 5.10. The molecule has 1 N–H and O–H groups in total. The number of nitrogens with one attached hydrogen (secondary N) is 1. The lowest BCUT2D eigenvalue weighted by Gasteiger charge is -2.06. The van der Waals surface area contributed by atoms with Crippen LogP contribution in [0.4, 0.5) is 10.1 Å². The normalized spacial score (nSPS) is 10.2. The van der Waals surface area contributed by atoms with E-state index >= 15 is 0 Å². The van der Waals surface area contributed by atoms with E-state index in [1.807, 2.05) is 0 Å². The van der Waals surface area contributed by atoms with Crippen LogP contribution in [0.2, 0.25) is 5.02 Å². The van der Waals surface area contributed by atoms with E-state index in [0.717, 1.165) is 0 Å². The molecule has 6 heteroatoms. The first-order chi connectivity index (χ1) is 8.56. The van der Waals surface area contributed by atoms with Gasteiger partial charge in [-0.25, -0.2) is 9.37 Å². The molecule has 0 radical (unpaired) electrons. The van der Waals surface area contributed by atoms with Crippen molar-refractivity contribution in [1.29, 1.82) is 0 Å². The van der Waals surface area contributed by atoms with E-state index in [2.05, 4.69) is 15.3 Å². The van der Waals surface area contributed by atoms with Gasteiger partial charge in [0.2, 0.25) is 0 Å². The lowest BCUT2D eigenvalue weighted by Crippen LogP contribution is -2.15. The highest BCUT2D eigenvalue weighted by molar-refractivity contribution is 6.31. The maximum absolute atomic E-state index is 13.4. The molecule has 0 fully saturated rings. The van der Waals surface area contributed by atoms with Crippen LogP contribution < -0.4 is 5.32 Å². The van der Waals surface area contributed by atoms with E-state index in [-0.39, 0.29) is 11.4 Å². The number of rotatable bonds is 2. The maximum atomic E-state index is 13.4. The first-order valence-corrected chi connectivity index (χ1v) is 5.49. The van der Waals surface area contributed by atoms with Crippen molar-refractivity contribution in [2.24, 2.45) is 0 Å². The molecule has 1 aromatic carbocycles. The highest BCUT2D eigenvalue weighted by Crippen LogP contribution is 2.19. The Morgan fingerprint density at radius 3 is 2.78 bits per heavy atom. The van der Waals surface area contributed by atoms with Crippen LogP contribution in [0.5, 0.6) is 0 Å². The maximum Gasteiger partial charge on any atom is 0.275 e. The highest BCUT2D eigenvalue weighted by Gasteiger charge is 2.11. The Morgan fingerprint density at radius 2 is 2.11 bits per heavy atom. The van der Waals surface area contributed by atoms with Crippen molar-refractivity contribution < 1.29 is 9.18 Å². The van der Waals surface area contributed by atoms with Gasteiger partial charge in [-0.1, -0.05) is 11.6 Å². The fourth-order valence-corrected chi connectivity index (χ4v) is 1.46. The van der Waals surface area contributed by atoms with E-state index in [4.69, 9.17) is 11.6 Å². The largest absolute Gasteiger partial charge is 0.318 e. The number of carbonyl (C=O) groups is 1. The summed E-state index contributed by atoms with van der Waals surface area (Å²) in [4.78, 5) is 19.6. The van der Waals surface area contributed by atoms with Gasteiger partial charge in [-0.2, -0.15) is 0 Å². The Balaban J connectivity index is 2.21. The summed E-state index contributed by atoms with van der Waals surface area (Å²) < 4.78 is 13.4. The molecule has 0 spiro atoms. The van der Waals surface area contributed by atoms with Crippen molar-refractivity contribution in [2.75, 3.05) is 5.32 Å². The molecular formula is C12H9ClFN3O. The Labute approximate surface area is 108 Å². The molecule has 1 heterocycles. The third-order valence-corrected chi connectivity index (χ3v) is 2.43. The summed E-state index contributed by atoms with van der Waals surface area (Å²) in [5, 5.41) is 2.72. The molecule has 92 valence electrons. The predicted octanol–water partition coefficient (Wildman–Crippen LogP) is 2.83. The topological polar surface area (TPSA) is 54.9 Å². The minimum absolute atomic E-state index is 0.00914. The van der Waals surface area contributed by atoms with Crippen LogP contribution in [0, 0.1) is 12.7 Å². The van der Waals surface area contributed by atoms with Gasteiger partial charge in [0.25, 0.3) is 5.91 Å². The van der Waals surface area contributed by atoms with Gasteiger partial charge in [-0.05, 0) is 25.1 Å². The third-order valence-electron chi connectivity index (χ3n) is 2.19. The van der Waals surface area contributed by atoms with Crippen LogP contribution in [0.15, 0.2) is 30.6 Å². The minimum atomic E-state index is -0.562. The zero-order valence-electron chi connectivity index (χ0n) is 9.45. The number of halogens is 2. The fraction of sp³-hybridized carbons (Fsp3) is 0.0833. The molecule has 4 nitrogen and oxygen atoms in total. The quantitative estimate of drug-likeness (QED) is 0.908. The molecule has 1 amide bonds. The number of benzene rings is 1. The molecule has 0 atom stereocenters. The Bertz CT molecular complexity index is 586.